The summed E-state index contributed by atoms with van der Waals surface area (Å²) in [6.45, 7) is 1.61. The number of aliphatic hydroxyl groups excluding tert-OH is 1. The van der Waals surface area contributed by atoms with E-state index >= 15 is 0 Å². The van der Waals surface area contributed by atoms with E-state index < -0.39 is 0 Å². The van der Waals surface area contributed by atoms with Gasteiger partial charge in [0.1, 0.15) is 11.5 Å². The van der Waals surface area contributed by atoms with Crippen molar-refractivity contribution >= 4 is 11.6 Å². The van der Waals surface area contributed by atoms with Crippen molar-refractivity contribution in [2.24, 2.45) is 5.41 Å². The standard InChI is InChI=1S/C21H22FN3O3/c22-17-4-5-19-23-11-18(25(19)12-17)15-2-1-3-16(10-15)20(27)24-13-21(14-26)6-8-28-9-7-21/h1-5,10-12,26H,6-9,13-14H2,(H,24,27). The SMILES string of the molecule is O=C(NCC1(CO)CCOCC1)c1cccc(-c2cnc3ccc(F)cn23)c1. The normalized spacial score (nSPS) is 16.2. The van der Waals surface area contributed by atoms with Gasteiger partial charge in [-0.05, 0) is 37.1 Å². The van der Waals surface area contributed by atoms with Crippen LogP contribution in [-0.4, -0.2) is 46.8 Å². The van der Waals surface area contributed by atoms with Crippen molar-refractivity contribution < 1.29 is 19.0 Å². The van der Waals surface area contributed by atoms with Crippen molar-refractivity contribution in [3.05, 3.63) is 60.2 Å². The topological polar surface area (TPSA) is 75.9 Å². The van der Waals surface area contributed by atoms with Gasteiger partial charge in [-0.15, -0.1) is 0 Å². The minimum absolute atomic E-state index is 0.0179. The van der Waals surface area contributed by atoms with Crippen molar-refractivity contribution in [3.8, 4) is 11.3 Å². The molecule has 7 heteroatoms. The summed E-state index contributed by atoms with van der Waals surface area (Å²) in [6, 6.07) is 10.1. The maximum Gasteiger partial charge on any atom is 0.251 e. The summed E-state index contributed by atoms with van der Waals surface area (Å²) < 4.78 is 20.6. The first-order valence-corrected chi connectivity index (χ1v) is 9.30. The number of rotatable bonds is 5. The number of imidazole rings is 1. The average molecular weight is 383 g/mol. The predicted molar refractivity (Wildman–Crippen MR) is 102 cm³/mol. The Hall–Kier alpha value is -2.77. The van der Waals surface area contributed by atoms with Gasteiger partial charge in [0.25, 0.3) is 5.91 Å². The first-order valence-electron chi connectivity index (χ1n) is 9.30. The van der Waals surface area contributed by atoms with E-state index in [1.54, 1.807) is 34.9 Å². The van der Waals surface area contributed by atoms with Crippen LogP contribution in [0.4, 0.5) is 4.39 Å². The third-order valence-corrected chi connectivity index (χ3v) is 5.40. The average Bonchev–Trinajstić information content (AvgIpc) is 3.16. The molecule has 146 valence electrons. The van der Waals surface area contributed by atoms with E-state index in [-0.39, 0.29) is 23.7 Å². The highest BCUT2D eigenvalue weighted by atomic mass is 19.1. The summed E-state index contributed by atoms with van der Waals surface area (Å²) in [7, 11) is 0. The summed E-state index contributed by atoms with van der Waals surface area (Å²) in [5.41, 5.74) is 2.29. The zero-order valence-electron chi connectivity index (χ0n) is 15.4. The molecule has 0 bridgehead atoms. The van der Waals surface area contributed by atoms with Gasteiger partial charge in [0, 0.05) is 42.5 Å². The molecule has 6 nitrogen and oxygen atoms in total. The Morgan fingerprint density at radius 1 is 1.29 bits per heavy atom. The Kier molecular flexibility index (Phi) is 5.11. The molecule has 2 N–H and O–H groups in total. The highest BCUT2D eigenvalue weighted by Crippen LogP contribution is 2.29. The molecule has 1 aliphatic rings. The maximum atomic E-state index is 13.6. The van der Waals surface area contributed by atoms with Crippen molar-refractivity contribution in [2.45, 2.75) is 12.8 Å². The number of halogens is 1. The minimum Gasteiger partial charge on any atom is -0.396 e. The van der Waals surface area contributed by atoms with Gasteiger partial charge in [0.15, 0.2) is 0 Å². The van der Waals surface area contributed by atoms with Crippen LogP contribution < -0.4 is 5.32 Å². The molecule has 1 aliphatic heterocycles. The number of ether oxygens (including phenoxy) is 1. The van der Waals surface area contributed by atoms with Crippen LogP contribution in [0.1, 0.15) is 23.2 Å². The van der Waals surface area contributed by atoms with Crippen molar-refractivity contribution in [1.82, 2.24) is 14.7 Å². The molecular weight excluding hydrogens is 361 g/mol. The molecular formula is C21H22FN3O3. The fraction of sp³-hybridized carbons (Fsp3) is 0.333. The summed E-state index contributed by atoms with van der Waals surface area (Å²) in [5, 5.41) is 12.7. The molecule has 3 heterocycles. The van der Waals surface area contributed by atoms with Crippen LogP contribution in [0.25, 0.3) is 16.9 Å². The first-order chi connectivity index (χ1) is 13.6. The Bertz CT molecular complexity index is 995. The van der Waals surface area contributed by atoms with Crippen LogP contribution in [0.2, 0.25) is 0 Å². The smallest absolute Gasteiger partial charge is 0.251 e. The van der Waals surface area contributed by atoms with Gasteiger partial charge in [-0.2, -0.15) is 0 Å². The predicted octanol–water partition coefficient (Wildman–Crippen LogP) is 2.66. The van der Waals surface area contributed by atoms with Gasteiger partial charge in [-0.25, -0.2) is 9.37 Å². The molecule has 1 aromatic carbocycles. The van der Waals surface area contributed by atoms with E-state index in [0.29, 0.717) is 36.7 Å². The Morgan fingerprint density at radius 2 is 2.11 bits per heavy atom. The second-order valence-electron chi connectivity index (χ2n) is 7.25. The van der Waals surface area contributed by atoms with Gasteiger partial charge in [0.05, 0.1) is 18.5 Å². The molecule has 1 fully saturated rings. The van der Waals surface area contributed by atoms with Crippen LogP contribution in [0.3, 0.4) is 0 Å². The lowest BCUT2D eigenvalue weighted by Crippen LogP contribution is -2.43. The molecule has 0 saturated carbocycles. The summed E-state index contributed by atoms with van der Waals surface area (Å²) in [6.07, 6.45) is 4.48. The summed E-state index contributed by atoms with van der Waals surface area (Å²) in [4.78, 5) is 17.0. The highest BCUT2D eigenvalue weighted by Gasteiger charge is 2.32. The van der Waals surface area contributed by atoms with Crippen LogP contribution in [0.15, 0.2) is 48.8 Å². The third-order valence-electron chi connectivity index (χ3n) is 5.40. The first kappa shape index (κ1) is 18.6. The number of fused-ring (bicyclic) bond motifs is 1. The molecule has 1 saturated heterocycles. The molecule has 1 amide bonds. The number of carbonyl (C=O) groups is 1. The Balaban J connectivity index is 1.54. The lowest BCUT2D eigenvalue weighted by atomic mass is 9.81. The van der Waals surface area contributed by atoms with Gasteiger partial charge in [-0.3, -0.25) is 9.20 Å². The summed E-state index contributed by atoms with van der Waals surface area (Å²) in [5.74, 6) is -0.562. The van der Waals surface area contributed by atoms with Crippen molar-refractivity contribution in [1.29, 1.82) is 0 Å². The van der Waals surface area contributed by atoms with Crippen LogP contribution >= 0.6 is 0 Å². The van der Waals surface area contributed by atoms with Crippen LogP contribution in [0.5, 0.6) is 0 Å². The second kappa shape index (κ2) is 7.69. The number of hydrogen-bond acceptors (Lipinski definition) is 4. The molecule has 0 radical (unpaired) electrons. The third kappa shape index (κ3) is 3.63. The van der Waals surface area contributed by atoms with Crippen molar-refractivity contribution in [3.63, 3.8) is 0 Å². The summed E-state index contributed by atoms with van der Waals surface area (Å²) >= 11 is 0. The van der Waals surface area contributed by atoms with E-state index in [4.69, 9.17) is 4.74 Å². The van der Waals surface area contributed by atoms with E-state index in [2.05, 4.69) is 10.3 Å². The molecule has 2 aromatic heterocycles. The van der Waals surface area contributed by atoms with Gasteiger partial charge in [-0.1, -0.05) is 12.1 Å². The number of aliphatic hydroxyl groups is 1. The van der Waals surface area contributed by atoms with Crippen LogP contribution in [-0.2, 0) is 4.74 Å². The van der Waals surface area contributed by atoms with E-state index in [1.165, 1.54) is 12.3 Å². The molecule has 0 spiro atoms. The Labute approximate surface area is 162 Å². The lowest BCUT2D eigenvalue weighted by molar-refractivity contribution is -0.0146. The highest BCUT2D eigenvalue weighted by molar-refractivity contribution is 5.95. The quantitative estimate of drug-likeness (QED) is 0.710. The molecule has 0 aliphatic carbocycles. The number of hydrogen-bond donors (Lipinski definition) is 2. The fourth-order valence-corrected chi connectivity index (χ4v) is 3.55. The number of aromatic nitrogens is 2. The monoisotopic (exact) mass is 383 g/mol. The molecule has 4 rings (SSSR count). The van der Waals surface area contributed by atoms with Crippen molar-refractivity contribution in [2.75, 3.05) is 26.4 Å². The number of benzene rings is 1. The Morgan fingerprint density at radius 3 is 2.89 bits per heavy atom. The fourth-order valence-electron chi connectivity index (χ4n) is 3.55. The molecule has 28 heavy (non-hydrogen) atoms. The van der Waals surface area contributed by atoms with Gasteiger partial charge >= 0.3 is 0 Å². The molecule has 3 aromatic rings. The maximum absolute atomic E-state index is 13.6. The minimum atomic E-state index is -0.355. The molecule has 0 atom stereocenters. The van der Waals surface area contributed by atoms with E-state index in [9.17, 15) is 14.3 Å². The number of pyridine rings is 1. The van der Waals surface area contributed by atoms with Gasteiger partial charge < -0.3 is 15.2 Å². The molecule has 0 unspecified atom stereocenters. The second-order valence-corrected chi connectivity index (χ2v) is 7.25. The largest absolute Gasteiger partial charge is 0.396 e. The van der Waals surface area contributed by atoms with Gasteiger partial charge in [0.2, 0.25) is 0 Å². The number of nitrogens with zero attached hydrogens (tertiary/aromatic N) is 2. The lowest BCUT2D eigenvalue weighted by Gasteiger charge is -2.35. The number of carbonyl (C=O) groups excluding carboxylic acids is 1. The van der Waals surface area contributed by atoms with E-state index in [0.717, 1.165) is 18.4 Å². The van der Waals surface area contributed by atoms with E-state index in [1.807, 2.05) is 6.07 Å². The zero-order chi connectivity index (χ0) is 19.6. The zero-order valence-corrected chi connectivity index (χ0v) is 15.4. The van der Waals surface area contributed by atoms with Crippen LogP contribution in [0, 0.1) is 11.2 Å². The number of amides is 1. The number of nitrogens with one attached hydrogen (secondary N) is 1.